The first kappa shape index (κ1) is 15.9. The number of ether oxygens (including phenoxy) is 1. The monoisotopic (exact) mass is 301 g/mol. The summed E-state index contributed by atoms with van der Waals surface area (Å²) >= 11 is 0. The molecule has 0 spiro atoms. The molecule has 22 heavy (non-hydrogen) atoms. The number of aliphatic hydroxyl groups is 1. The highest BCUT2D eigenvalue weighted by molar-refractivity contribution is 5.99. The highest BCUT2D eigenvalue weighted by Crippen LogP contribution is 2.29. The smallest absolute Gasteiger partial charge is 0.261 e. The Balaban J connectivity index is 2.31. The van der Waals surface area contributed by atoms with E-state index in [0.29, 0.717) is 12.3 Å². The van der Waals surface area contributed by atoms with Gasteiger partial charge in [0.15, 0.2) is 0 Å². The van der Waals surface area contributed by atoms with Crippen molar-refractivity contribution in [2.45, 2.75) is 6.54 Å². The number of rotatable bonds is 6. The molecule has 0 aromatic heterocycles. The number of aliphatic hydroxyl groups excluding tert-OH is 1. The summed E-state index contributed by atoms with van der Waals surface area (Å²) in [7, 11) is 1.44. The van der Waals surface area contributed by atoms with E-state index >= 15 is 0 Å². The minimum atomic E-state index is -0.382. The van der Waals surface area contributed by atoms with Crippen LogP contribution in [0.3, 0.4) is 0 Å². The normalized spacial score (nSPS) is 10.3. The predicted molar refractivity (Wildman–Crippen MR) is 82.9 cm³/mol. The van der Waals surface area contributed by atoms with Crippen LogP contribution in [0, 0.1) is 0 Å². The van der Waals surface area contributed by atoms with Crippen molar-refractivity contribution in [1.82, 2.24) is 4.90 Å². The molecule has 0 radical (unpaired) electrons. The molecular weight excluding hydrogens is 282 g/mol. The van der Waals surface area contributed by atoms with Gasteiger partial charge in [0.2, 0.25) is 0 Å². The lowest BCUT2D eigenvalue weighted by molar-refractivity contribution is 0.0701. The van der Waals surface area contributed by atoms with Gasteiger partial charge in [-0.3, -0.25) is 4.79 Å². The van der Waals surface area contributed by atoms with Crippen molar-refractivity contribution in [3.63, 3.8) is 0 Å². The van der Waals surface area contributed by atoms with E-state index in [1.807, 2.05) is 30.3 Å². The fourth-order valence-electron chi connectivity index (χ4n) is 2.24. The van der Waals surface area contributed by atoms with Gasteiger partial charge in [0.1, 0.15) is 17.1 Å². The Kier molecular flexibility index (Phi) is 5.38. The quantitative estimate of drug-likeness (QED) is 0.856. The molecule has 1 amide bonds. The van der Waals surface area contributed by atoms with Gasteiger partial charge in [-0.2, -0.15) is 0 Å². The Morgan fingerprint density at radius 1 is 1.14 bits per heavy atom. The highest BCUT2D eigenvalue weighted by atomic mass is 16.5. The minimum absolute atomic E-state index is 0.106. The first-order valence-electron chi connectivity index (χ1n) is 6.97. The van der Waals surface area contributed by atoms with E-state index in [0.717, 1.165) is 5.56 Å². The minimum Gasteiger partial charge on any atom is -0.507 e. The van der Waals surface area contributed by atoms with Gasteiger partial charge in [-0.15, -0.1) is 0 Å². The van der Waals surface area contributed by atoms with Crippen LogP contribution in [0.2, 0.25) is 0 Å². The van der Waals surface area contributed by atoms with Crippen LogP contribution in [0.4, 0.5) is 0 Å². The standard InChI is InChI=1S/C17H19NO4/c1-22-15-9-5-8-14(20)16(15)17(21)18(10-11-19)12-13-6-3-2-4-7-13/h2-9,19-20H,10-12H2,1H3. The second-order valence-corrected chi connectivity index (χ2v) is 4.79. The lowest BCUT2D eigenvalue weighted by Gasteiger charge is -2.23. The summed E-state index contributed by atoms with van der Waals surface area (Å²) in [6.45, 7) is 0.359. The third-order valence-corrected chi connectivity index (χ3v) is 3.31. The zero-order chi connectivity index (χ0) is 15.9. The summed E-state index contributed by atoms with van der Waals surface area (Å²) in [5.41, 5.74) is 1.05. The maximum Gasteiger partial charge on any atom is 0.261 e. The van der Waals surface area contributed by atoms with E-state index in [-0.39, 0.29) is 30.4 Å². The molecule has 5 heteroatoms. The summed E-state index contributed by atoms with van der Waals surface area (Å²) in [5, 5.41) is 19.2. The van der Waals surface area contributed by atoms with Crippen molar-refractivity contribution >= 4 is 5.91 Å². The number of phenols is 1. The second-order valence-electron chi connectivity index (χ2n) is 4.79. The summed E-state index contributed by atoms with van der Waals surface area (Å²) in [6.07, 6.45) is 0. The van der Waals surface area contributed by atoms with Gasteiger partial charge in [-0.05, 0) is 17.7 Å². The van der Waals surface area contributed by atoms with Gasteiger partial charge in [0.05, 0.1) is 13.7 Å². The molecule has 0 aliphatic carbocycles. The number of carbonyl (C=O) groups excluding carboxylic acids is 1. The first-order chi connectivity index (χ1) is 10.7. The Bertz CT molecular complexity index is 628. The van der Waals surface area contributed by atoms with E-state index in [4.69, 9.17) is 4.74 Å². The van der Waals surface area contributed by atoms with Gasteiger partial charge < -0.3 is 19.8 Å². The average molecular weight is 301 g/mol. The maximum absolute atomic E-state index is 12.7. The SMILES string of the molecule is COc1cccc(O)c1C(=O)N(CCO)Cc1ccccc1. The molecule has 0 fully saturated rings. The number of nitrogens with zero attached hydrogens (tertiary/aromatic N) is 1. The number of aromatic hydroxyl groups is 1. The largest absolute Gasteiger partial charge is 0.507 e. The van der Waals surface area contributed by atoms with Crippen LogP contribution in [-0.2, 0) is 6.54 Å². The molecular formula is C17H19NO4. The van der Waals surface area contributed by atoms with E-state index in [1.165, 1.54) is 18.1 Å². The second kappa shape index (κ2) is 7.47. The molecule has 2 rings (SSSR count). The van der Waals surface area contributed by atoms with E-state index in [1.54, 1.807) is 12.1 Å². The van der Waals surface area contributed by atoms with Crippen LogP contribution < -0.4 is 4.74 Å². The Morgan fingerprint density at radius 3 is 2.50 bits per heavy atom. The molecule has 2 aromatic rings. The van der Waals surface area contributed by atoms with E-state index in [9.17, 15) is 15.0 Å². The number of carbonyl (C=O) groups is 1. The molecule has 0 saturated heterocycles. The summed E-state index contributed by atoms with van der Waals surface area (Å²) in [6, 6.07) is 14.1. The van der Waals surface area contributed by atoms with Crippen LogP contribution in [0.25, 0.3) is 0 Å². The molecule has 0 unspecified atom stereocenters. The lowest BCUT2D eigenvalue weighted by Crippen LogP contribution is -2.33. The molecule has 116 valence electrons. The Hall–Kier alpha value is -2.53. The molecule has 2 aromatic carbocycles. The van der Waals surface area contributed by atoms with E-state index < -0.39 is 0 Å². The van der Waals surface area contributed by atoms with Gasteiger partial charge in [-0.1, -0.05) is 36.4 Å². The topological polar surface area (TPSA) is 70.0 Å². The van der Waals surface area contributed by atoms with Crippen molar-refractivity contribution in [2.75, 3.05) is 20.3 Å². The number of hydrogen-bond donors (Lipinski definition) is 2. The zero-order valence-electron chi connectivity index (χ0n) is 12.4. The molecule has 0 bridgehead atoms. The summed E-state index contributed by atoms with van der Waals surface area (Å²) < 4.78 is 5.16. The Labute approximate surface area is 129 Å². The molecule has 0 atom stereocenters. The van der Waals surface area contributed by atoms with Crippen LogP contribution in [-0.4, -0.2) is 41.3 Å². The van der Waals surface area contributed by atoms with Gasteiger partial charge >= 0.3 is 0 Å². The first-order valence-corrected chi connectivity index (χ1v) is 6.97. The number of amides is 1. The fourth-order valence-corrected chi connectivity index (χ4v) is 2.24. The summed E-state index contributed by atoms with van der Waals surface area (Å²) in [4.78, 5) is 14.2. The van der Waals surface area contributed by atoms with Crippen LogP contribution >= 0.6 is 0 Å². The maximum atomic E-state index is 12.7. The van der Waals surface area contributed by atoms with Gasteiger partial charge in [-0.25, -0.2) is 0 Å². The number of phenolic OH excluding ortho intramolecular Hbond substituents is 1. The zero-order valence-corrected chi connectivity index (χ0v) is 12.4. The molecule has 0 aliphatic rings. The molecule has 5 nitrogen and oxygen atoms in total. The van der Waals surface area contributed by atoms with Gasteiger partial charge in [0.25, 0.3) is 5.91 Å². The van der Waals surface area contributed by atoms with Crippen molar-refractivity contribution in [2.24, 2.45) is 0 Å². The number of methoxy groups -OCH3 is 1. The van der Waals surface area contributed by atoms with Crippen LogP contribution in [0.1, 0.15) is 15.9 Å². The molecule has 2 N–H and O–H groups in total. The number of benzene rings is 2. The van der Waals surface area contributed by atoms with Crippen molar-refractivity contribution in [1.29, 1.82) is 0 Å². The summed E-state index contributed by atoms with van der Waals surface area (Å²) in [5.74, 6) is -0.214. The van der Waals surface area contributed by atoms with Crippen molar-refractivity contribution in [3.8, 4) is 11.5 Å². The van der Waals surface area contributed by atoms with E-state index in [2.05, 4.69) is 0 Å². The van der Waals surface area contributed by atoms with Crippen LogP contribution in [0.15, 0.2) is 48.5 Å². The Morgan fingerprint density at radius 2 is 1.86 bits per heavy atom. The fraction of sp³-hybridized carbons (Fsp3) is 0.235. The predicted octanol–water partition coefficient (Wildman–Crippen LogP) is 2.04. The lowest BCUT2D eigenvalue weighted by atomic mass is 10.1. The third-order valence-electron chi connectivity index (χ3n) is 3.31. The third kappa shape index (κ3) is 3.56. The average Bonchev–Trinajstić information content (AvgIpc) is 2.54. The van der Waals surface area contributed by atoms with Crippen molar-refractivity contribution < 1.29 is 19.7 Å². The van der Waals surface area contributed by atoms with Crippen molar-refractivity contribution in [3.05, 3.63) is 59.7 Å². The molecule has 0 saturated carbocycles. The molecule has 0 heterocycles. The number of hydrogen-bond acceptors (Lipinski definition) is 4. The van der Waals surface area contributed by atoms with Crippen LogP contribution in [0.5, 0.6) is 11.5 Å². The molecule has 0 aliphatic heterocycles. The van der Waals surface area contributed by atoms with Gasteiger partial charge in [0, 0.05) is 13.1 Å². The highest BCUT2D eigenvalue weighted by Gasteiger charge is 2.23.